The van der Waals surface area contributed by atoms with Crippen molar-refractivity contribution >= 4 is 11.7 Å². The fraction of sp³-hybridized carbons (Fsp3) is 0.308. The number of hydrogen-bond donors (Lipinski definition) is 0. The number of rotatable bonds is 5. The molecule has 5 heteroatoms. The highest BCUT2D eigenvalue weighted by Crippen LogP contribution is 2.10. The number of carbonyl (C=O) groups is 1. The SMILES string of the molecule is CCN(C)c1noc(CC(=O)c2ccccc2)n1. The molecule has 18 heavy (non-hydrogen) atoms. The van der Waals surface area contributed by atoms with Crippen molar-refractivity contribution in [1.82, 2.24) is 10.1 Å². The van der Waals surface area contributed by atoms with Gasteiger partial charge in [0.2, 0.25) is 5.89 Å². The van der Waals surface area contributed by atoms with Crippen LogP contribution in [0.25, 0.3) is 0 Å². The molecular weight excluding hydrogens is 230 g/mol. The molecule has 5 nitrogen and oxygen atoms in total. The zero-order valence-electron chi connectivity index (χ0n) is 10.5. The number of anilines is 1. The van der Waals surface area contributed by atoms with Crippen LogP contribution in [0.2, 0.25) is 0 Å². The number of benzene rings is 1. The molecular formula is C13H15N3O2. The van der Waals surface area contributed by atoms with E-state index in [9.17, 15) is 4.79 Å². The molecule has 94 valence electrons. The Morgan fingerprint density at radius 3 is 2.72 bits per heavy atom. The summed E-state index contributed by atoms with van der Waals surface area (Å²) in [6.07, 6.45) is 0.133. The van der Waals surface area contributed by atoms with Crippen LogP contribution in [0.4, 0.5) is 5.95 Å². The average Bonchev–Trinajstić information content (AvgIpc) is 2.87. The Bertz CT molecular complexity index is 522. The molecule has 0 bridgehead atoms. The molecule has 2 rings (SSSR count). The van der Waals surface area contributed by atoms with Crippen molar-refractivity contribution in [3.05, 3.63) is 41.8 Å². The molecule has 0 saturated heterocycles. The van der Waals surface area contributed by atoms with Gasteiger partial charge in [-0.2, -0.15) is 4.98 Å². The summed E-state index contributed by atoms with van der Waals surface area (Å²) in [7, 11) is 1.87. The van der Waals surface area contributed by atoms with E-state index >= 15 is 0 Å². The Balaban J connectivity index is 2.06. The Hall–Kier alpha value is -2.17. The fourth-order valence-corrected chi connectivity index (χ4v) is 1.48. The minimum Gasteiger partial charge on any atom is -0.342 e. The summed E-state index contributed by atoms with van der Waals surface area (Å²) in [5, 5.41) is 3.82. The van der Waals surface area contributed by atoms with E-state index < -0.39 is 0 Å². The molecule has 0 radical (unpaired) electrons. The zero-order valence-corrected chi connectivity index (χ0v) is 10.5. The van der Waals surface area contributed by atoms with Crippen molar-refractivity contribution < 1.29 is 9.32 Å². The third kappa shape index (κ3) is 2.74. The average molecular weight is 245 g/mol. The highest BCUT2D eigenvalue weighted by atomic mass is 16.5. The van der Waals surface area contributed by atoms with Crippen LogP contribution in [0, 0.1) is 0 Å². The first kappa shape index (κ1) is 12.3. The fourth-order valence-electron chi connectivity index (χ4n) is 1.48. The maximum atomic E-state index is 11.9. The number of aromatic nitrogens is 2. The van der Waals surface area contributed by atoms with Crippen LogP contribution in [0.1, 0.15) is 23.2 Å². The Morgan fingerprint density at radius 2 is 2.06 bits per heavy atom. The lowest BCUT2D eigenvalue weighted by Gasteiger charge is -2.08. The van der Waals surface area contributed by atoms with Crippen LogP contribution in [-0.4, -0.2) is 29.5 Å². The van der Waals surface area contributed by atoms with Gasteiger partial charge in [0.25, 0.3) is 5.95 Å². The molecule has 2 aromatic rings. The van der Waals surface area contributed by atoms with E-state index in [1.54, 1.807) is 12.1 Å². The second-order valence-electron chi connectivity index (χ2n) is 3.97. The predicted molar refractivity (Wildman–Crippen MR) is 67.7 cm³/mol. The van der Waals surface area contributed by atoms with Gasteiger partial charge in [0.05, 0.1) is 6.42 Å². The lowest BCUT2D eigenvalue weighted by molar-refractivity contribution is 0.0983. The van der Waals surface area contributed by atoms with Gasteiger partial charge >= 0.3 is 0 Å². The van der Waals surface area contributed by atoms with Crippen LogP contribution in [-0.2, 0) is 6.42 Å². The van der Waals surface area contributed by atoms with Gasteiger partial charge in [0.15, 0.2) is 5.78 Å². The molecule has 0 atom stereocenters. The molecule has 0 amide bonds. The second-order valence-corrected chi connectivity index (χ2v) is 3.97. The smallest absolute Gasteiger partial charge is 0.265 e. The van der Waals surface area contributed by atoms with Gasteiger partial charge in [0.1, 0.15) is 0 Å². The molecule has 0 aliphatic heterocycles. The van der Waals surface area contributed by atoms with Gasteiger partial charge in [-0.3, -0.25) is 4.79 Å². The lowest BCUT2D eigenvalue weighted by atomic mass is 10.1. The second kappa shape index (κ2) is 5.44. The van der Waals surface area contributed by atoms with Crippen molar-refractivity contribution in [2.45, 2.75) is 13.3 Å². The number of nitrogens with zero attached hydrogens (tertiary/aromatic N) is 3. The van der Waals surface area contributed by atoms with Crippen molar-refractivity contribution in [1.29, 1.82) is 0 Å². The van der Waals surface area contributed by atoms with E-state index in [4.69, 9.17) is 4.52 Å². The number of carbonyl (C=O) groups excluding carboxylic acids is 1. The zero-order chi connectivity index (χ0) is 13.0. The van der Waals surface area contributed by atoms with Crippen LogP contribution in [0.5, 0.6) is 0 Å². The molecule has 0 saturated carbocycles. The summed E-state index contributed by atoms with van der Waals surface area (Å²) >= 11 is 0. The number of Topliss-reactive ketones (excluding diaryl/α,β-unsaturated/α-hetero) is 1. The van der Waals surface area contributed by atoms with Crippen LogP contribution >= 0.6 is 0 Å². The molecule has 0 spiro atoms. The van der Waals surface area contributed by atoms with E-state index in [1.807, 2.05) is 37.1 Å². The van der Waals surface area contributed by atoms with E-state index in [0.717, 1.165) is 6.54 Å². The predicted octanol–water partition coefficient (Wildman–Crippen LogP) is 1.95. The Morgan fingerprint density at radius 1 is 1.33 bits per heavy atom. The van der Waals surface area contributed by atoms with Crippen molar-refractivity contribution in [3.63, 3.8) is 0 Å². The largest absolute Gasteiger partial charge is 0.342 e. The van der Waals surface area contributed by atoms with E-state index in [-0.39, 0.29) is 12.2 Å². The first-order chi connectivity index (χ1) is 8.70. The van der Waals surface area contributed by atoms with Gasteiger partial charge in [0, 0.05) is 19.2 Å². The minimum atomic E-state index is -0.0232. The van der Waals surface area contributed by atoms with Gasteiger partial charge < -0.3 is 9.42 Å². The first-order valence-corrected chi connectivity index (χ1v) is 5.82. The van der Waals surface area contributed by atoms with Gasteiger partial charge in [-0.15, -0.1) is 0 Å². The minimum absolute atomic E-state index is 0.0232. The maximum absolute atomic E-state index is 11.9. The molecule has 0 unspecified atom stereocenters. The monoisotopic (exact) mass is 245 g/mol. The summed E-state index contributed by atoms with van der Waals surface area (Å²) in [5.74, 6) is 0.831. The highest BCUT2D eigenvalue weighted by Gasteiger charge is 2.14. The summed E-state index contributed by atoms with van der Waals surface area (Å²) in [4.78, 5) is 17.9. The van der Waals surface area contributed by atoms with Crippen molar-refractivity contribution in [2.24, 2.45) is 0 Å². The van der Waals surface area contributed by atoms with Crippen LogP contribution in [0.3, 0.4) is 0 Å². The summed E-state index contributed by atoms with van der Waals surface area (Å²) in [6.45, 7) is 2.77. The third-order valence-corrected chi connectivity index (χ3v) is 2.68. The molecule has 0 N–H and O–H groups in total. The normalized spacial score (nSPS) is 10.3. The summed E-state index contributed by atoms with van der Waals surface area (Å²) < 4.78 is 5.06. The van der Waals surface area contributed by atoms with Gasteiger partial charge in [-0.1, -0.05) is 30.3 Å². The van der Waals surface area contributed by atoms with Crippen molar-refractivity contribution in [3.8, 4) is 0 Å². The summed E-state index contributed by atoms with van der Waals surface area (Å²) in [5.41, 5.74) is 0.654. The van der Waals surface area contributed by atoms with Gasteiger partial charge in [-0.05, 0) is 12.1 Å². The third-order valence-electron chi connectivity index (χ3n) is 2.68. The van der Waals surface area contributed by atoms with Crippen LogP contribution < -0.4 is 4.90 Å². The maximum Gasteiger partial charge on any atom is 0.265 e. The number of hydrogen-bond acceptors (Lipinski definition) is 5. The topological polar surface area (TPSA) is 59.2 Å². The molecule has 1 heterocycles. The summed E-state index contributed by atoms with van der Waals surface area (Å²) in [6, 6.07) is 9.09. The van der Waals surface area contributed by atoms with Crippen molar-refractivity contribution in [2.75, 3.05) is 18.5 Å². The highest BCUT2D eigenvalue weighted by molar-refractivity contribution is 5.96. The molecule has 0 fully saturated rings. The molecule has 1 aromatic carbocycles. The van der Waals surface area contributed by atoms with Crippen LogP contribution in [0.15, 0.2) is 34.9 Å². The quantitative estimate of drug-likeness (QED) is 0.753. The van der Waals surface area contributed by atoms with E-state index in [1.165, 1.54) is 0 Å². The lowest BCUT2D eigenvalue weighted by Crippen LogP contribution is -2.17. The molecule has 0 aliphatic rings. The van der Waals surface area contributed by atoms with Gasteiger partial charge in [-0.25, -0.2) is 0 Å². The van der Waals surface area contributed by atoms with E-state index in [0.29, 0.717) is 17.4 Å². The Kier molecular flexibility index (Phi) is 3.72. The molecule has 1 aromatic heterocycles. The standard InChI is InChI=1S/C13H15N3O2/c1-3-16(2)13-14-12(18-15-13)9-11(17)10-7-5-4-6-8-10/h4-8H,3,9H2,1-2H3. The first-order valence-electron chi connectivity index (χ1n) is 5.82. The number of ketones is 1. The Labute approximate surface area is 105 Å². The molecule has 0 aliphatic carbocycles. The van der Waals surface area contributed by atoms with E-state index in [2.05, 4.69) is 10.1 Å².